The molecule has 6 nitrogen and oxygen atoms in total. The Morgan fingerprint density at radius 1 is 0.625 bits per heavy atom. The van der Waals surface area contributed by atoms with Crippen molar-refractivity contribution in [2.24, 2.45) is 0 Å². The molecule has 0 amide bonds. The zero-order valence-corrected chi connectivity index (χ0v) is 15.6. The van der Waals surface area contributed by atoms with Gasteiger partial charge in [-0.3, -0.25) is 9.80 Å². The third kappa shape index (κ3) is 7.76. The molecule has 142 valence electrons. The number of rotatable bonds is 13. The van der Waals surface area contributed by atoms with E-state index in [-0.39, 0.29) is 12.6 Å². The van der Waals surface area contributed by atoms with E-state index in [0.29, 0.717) is 26.4 Å². The second-order valence-electron chi connectivity index (χ2n) is 6.53. The van der Waals surface area contributed by atoms with Gasteiger partial charge in [0, 0.05) is 26.3 Å². The minimum atomic E-state index is -0.152. The van der Waals surface area contributed by atoms with Crippen LogP contribution in [0, 0.1) is 0 Å². The van der Waals surface area contributed by atoms with Gasteiger partial charge < -0.3 is 18.9 Å². The Hall–Kier alpha value is -0.240. The van der Waals surface area contributed by atoms with Crippen LogP contribution in [0.5, 0.6) is 0 Å². The summed E-state index contributed by atoms with van der Waals surface area (Å²) in [6.07, 6.45) is 4.84. The lowest BCUT2D eigenvalue weighted by molar-refractivity contribution is -0.186. The molecule has 0 radical (unpaired) electrons. The summed E-state index contributed by atoms with van der Waals surface area (Å²) in [5.41, 5.74) is 0. The van der Waals surface area contributed by atoms with Gasteiger partial charge in [-0.15, -0.1) is 0 Å². The van der Waals surface area contributed by atoms with Crippen LogP contribution in [0.2, 0.25) is 0 Å². The Balaban J connectivity index is 1.61. The monoisotopic (exact) mass is 344 g/mol. The van der Waals surface area contributed by atoms with Crippen LogP contribution in [0.4, 0.5) is 0 Å². The fourth-order valence-corrected chi connectivity index (χ4v) is 3.39. The highest BCUT2D eigenvalue weighted by Gasteiger charge is 2.20. The first-order valence-electron chi connectivity index (χ1n) is 9.73. The second kappa shape index (κ2) is 12.2. The Morgan fingerprint density at radius 2 is 1.00 bits per heavy atom. The molecule has 6 heteroatoms. The van der Waals surface area contributed by atoms with Gasteiger partial charge in [-0.1, -0.05) is 0 Å². The summed E-state index contributed by atoms with van der Waals surface area (Å²) < 4.78 is 23.2. The third-order valence-corrected chi connectivity index (χ3v) is 4.61. The molecule has 2 atom stereocenters. The number of hydrogen-bond acceptors (Lipinski definition) is 6. The van der Waals surface area contributed by atoms with Crippen molar-refractivity contribution >= 4 is 0 Å². The van der Waals surface area contributed by atoms with Gasteiger partial charge in [0.15, 0.2) is 12.6 Å². The summed E-state index contributed by atoms with van der Waals surface area (Å²) in [4.78, 5) is 4.83. The van der Waals surface area contributed by atoms with Crippen molar-refractivity contribution in [2.75, 3.05) is 65.7 Å². The fraction of sp³-hybridized carbons (Fsp3) is 1.00. The minimum absolute atomic E-state index is 0.152. The van der Waals surface area contributed by atoms with Gasteiger partial charge in [-0.05, 0) is 65.7 Å². The second-order valence-corrected chi connectivity index (χ2v) is 6.53. The molecule has 0 saturated carbocycles. The maximum Gasteiger partial charge on any atom is 0.170 e. The number of likely N-dealkylation sites (tertiary alicyclic amines) is 2. The van der Waals surface area contributed by atoms with Crippen molar-refractivity contribution in [3.05, 3.63) is 0 Å². The van der Waals surface area contributed by atoms with E-state index in [1.807, 2.05) is 13.8 Å². The van der Waals surface area contributed by atoms with Crippen molar-refractivity contribution in [1.29, 1.82) is 0 Å². The van der Waals surface area contributed by atoms with Crippen molar-refractivity contribution in [2.45, 2.75) is 52.1 Å². The van der Waals surface area contributed by atoms with E-state index in [9.17, 15) is 0 Å². The number of hydrogen-bond donors (Lipinski definition) is 0. The molecular formula is C18H36N2O4. The lowest BCUT2D eigenvalue weighted by atomic mass is 10.4. The number of ether oxygens (including phenoxy) is 4. The maximum atomic E-state index is 5.88. The quantitative estimate of drug-likeness (QED) is 0.376. The molecule has 0 bridgehead atoms. The summed E-state index contributed by atoms with van der Waals surface area (Å²) in [5.74, 6) is 0. The Labute approximate surface area is 147 Å². The average Bonchev–Trinajstić information content (AvgIpc) is 3.25. The highest BCUT2D eigenvalue weighted by Crippen LogP contribution is 2.11. The van der Waals surface area contributed by atoms with Crippen LogP contribution < -0.4 is 0 Å². The van der Waals surface area contributed by atoms with Gasteiger partial charge in [0.05, 0.1) is 13.2 Å². The molecule has 2 rings (SSSR count). The van der Waals surface area contributed by atoms with Gasteiger partial charge in [0.1, 0.15) is 0 Å². The average molecular weight is 344 g/mol. The predicted octanol–water partition coefficient (Wildman–Crippen LogP) is 1.94. The molecule has 2 heterocycles. The first-order chi connectivity index (χ1) is 11.8. The lowest BCUT2D eigenvalue weighted by Crippen LogP contribution is -2.36. The summed E-state index contributed by atoms with van der Waals surface area (Å²) in [7, 11) is 0. The highest BCUT2D eigenvalue weighted by atomic mass is 16.7. The van der Waals surface area contributed by atoms with Crippen molar-refractivity contribution < 1.29 is 18.9 Å². The Kier molecular flexibility index (Phi) is 10.2. The summed E-state index contributed by atoms with van der Waals surface area (Å²) in [5, 5.41) is 0. The zero-order chi connectivity index (χ0) is 17.0. The molecule has 2 fully saturated rings. The number of nitrogens with zero attached hydrogens (tertiary/aromatic N) is 2. The normalized spacial score (nSPS) is 22.2. The topological polar surface area (TPSA) is 43.4 Å². The van der Waals surface area contributed by atoms with E-state index in [0.717, 1.165) is 39.3 Å². The van der Waals surface area contributed by atoms with E-state index >= 15 is 0 Å². The van der Waals surface area contributed by atoms with Crippen molar-refractivity contribution in [3.8, 4) is 0 Å². The van der Waals surface area contributed by atoms with Crippen LogP contribution in [0.1, 0.15) is 39.5 Å². The molecule has 2 unspecified atom stereocenters. The van der Waals surface area contributed by atoms with Crippen LogP contribution >= 0.6 is 0 Å². The summed E-state index contributed by atoms with van der Waals surface area (Å²) in [6, 6.07) is 0. The SMILES string of the molecule is CCOC(CN1CCCC1)OCCOC(CN1CCCC1)OCC. The molecule has 0 N–H and O–H groups in total. The van der Waals surface area contributed by atoms with E-state index in [4.69, 9.17) is 18.9 Å². The van der Waals surface area contributed by atoms with E-state index in [1.165, 1.54) is 25.7 Å². The Morgan fingerprint density at radius 3 is 1.33 bits per heavy atom. The van der Waals surface area contributed by atoms with Gasteiger partial charge in [-0.25, -0.2) is 0 Å². The molecular weight excluding hydrogens is 308 g/mol. The summed E-state index contributed by atoms with van der Waals surface area (Å²) in [6.45, 7) is 12.8. The van der Waals surface area contributed by atoms with Crippen LogP contribution in [-0.2, 0) is 18.9 Å². The van der Waals surface area contributed by atoms with E-state index in [1.54, 1.807) is 0 Å². The van der Waals surface area contributed by atoms with E-state index < -0.39 is 0 Å². The van der Waals surface area contributed by atoms with Crippen molar-refractivity contribution in [3.63, 3.8) is 0 Å². The van der Waals surface area contributed by atoms with Crippen LogP contribution in [0.25, 0.3) is 0 Å². The highest BCUT2D eigenvalue weighted by molar-refractivity contribution is 4.68. The molecule has 24 heavy (non-hydrogen) atoms. The molecule has 0 aromatic carbocycles. The molecule has 0 aromatic rings. The molecule has 2 aliphatic rings. The maximum absolute atomic E-state index is 5.88. The molecule has 0 spiro atoms. The standard InChI is InChI=1S/C18H36N2O4/c1-3-21-17(15-19-9-5-6-10-19)23-13-14-24-18(22-4-2)16-20-11-7-8-12-20/h17-18H,3-16H2,1-2H3. The summed E-state index contributed by atoms with van der Waals surface area (Å²) >= 11 is 0. The van der Waals surface area contributed by atoms with Gasteiger partial charge >= 0.3 is 0 Å². The van der Waals surface area contributed by atoms with Gasteiger partial charge in [-0.2, -0.15) is 0 Å². The molecule has 2 aliphatic heterocycles. The zero-order valence-electron chi connectivity index (χ0n) is 15.6. The minimum Gasteiger partial charge on any atom is -0.352 e. The third-order valence-electron chi connectivity index (χ3n) is 4.61. The molecule has 0 aliphatic carbocycles. The van der Waals surface area contributed by atoms with Gasteiger partial charge in [0.2, 0.25) is 0 Å². The largest absolute Gasteiger partial charge is 0.352 e. The fourth-order valence-electron chi connectivity index (χ4n) is 3.39. The molecule has 0 aromatic heterocycles. The van der Waals surface area contributed by atoms with E-state index in [2.05, 4.69) is 9.80 Å². The van der Waals surface area contributed by atoms with Crippen molar-refractivity contribution in [1.82, 2.24) is 9.80 Å². The first kappa shape index (κ1) is 20.1. The smallest absolute Gasteiger partial charge is 0.170 e. The predicted molar refractivity (Wildman–Crippen MR) is 94.1 cm³/mol. The van der Waals surface area contributed by atoms with Crippen LogP contribution in [0.15, 0.2) is 0 Å². The molecule has 2 saturated heterocycles. The lowest BCUT2D eigenvalue weighted by Gasteiger charge is -2.25. The van der Waals surface area contributed by atoms with Gasteiger partial charge in [0.25, 0.3) is 0 Å². The van der Waals surface area contributed by atoms with Crippen LogP contribution in [0.3, 0.4) is 0 Å². The first-order valence-corrected chi connectivity index (χ1v) is 9.73. The Bertz CT molecular complexity index is 277. The van der Waals surface area contributed by atoms with Crippen LogP contribution in [-0.4, -0.2) is 88.1 Å².